The number of aryl methyl sites for hydroxylation is 1. The first-order chi connectivity index (χ1) is 10.5. The van der Waals surface area contributed by atoms with Crippen molar-refractivity contribution < 1.29 is 9.53 Å². The Hall–Kier alpha value is -2.00. The molecule has 0 spiro atoms. The first-order valence-corrected chi connectivity index (χ1v) is 7.50. The van der Waals surface area contributed by atoms with Crippen molar-refractivity contribution in [3.8, 4) is 5.75 Å². The van der Waals surface area contributed by atoms with Gasteiger partial charge in [0.1, 0.15) is 5.75 Å². The van der Waals surface area contributed by atoms with Crippen LogP contribution in [0.4, 0.5) is 0 Å². The van der Waals surface area contributed by atoms with Crippen molar-refractivity contribution in [2.45, 2.75) is 19.9 Å². The Morgan fingerprint density at radius 1 is 1.18 bits per heavy atom. The van der Waals surface area contributed by atoms with Gasteiger partial charge in [-0.25, -0.2) is 0 Å². The molecule has 2 aromatic rings. The fourth-order valence-electron chi connectivity index (χ4n) is 2.32. The molecule has 0 saturated carbocycles. The third kappa shape index (κ3) is 4.01. The van der Waals surface area contributed by atoms with Gasteiger partial charge in [-0.05, 0) is 36.2 Å². The van der Waals surface area contributed by atoms with E-state index in [9.17, 15) is 4.79 Å². The molecule has 2 rings (SSSR count). The SMILES string of the molecule is COc1ccc(Cl)cc1CN(C)C(=O)Cc1ccccc1C. The second-order valence-electron chi connectivity index (χ2n) is 5.31. The Labute approximate surface area is 136 Å². The van der Waals surface area contributed by atoms with Gasteiger partial charge in [0.2, 0.25) is 5.91 Å². The maximum absolute atomic E-state index is 12.4. The fourth-order valence-corrected chi connectivity index (χ4v) is 2.52. The number of amides is 1. The Kier molecular flexibility index (Phi) is 5.45. The summed E-state index contributed by atoms with van der Waals surface area (Å²) in [7, 11) is 3.41. The molecule has 1 amide bonds. The van der Waals surface area contributed by atoms with Crippen LogP contribution < -0.4 is 4.74 Å². The molecule has 0 bridgehead atoms. The zero-order chi connectivity index (χ0) is 16.1. The van der Waals surface area contributed by atoms with Gasteiger partial charge in [-0.1, -0.05) is 35.9 Å². The van der Waals surface area contributed by atoms with Crippen LogP contribution in [-0.2, 0) is 17.8 Å². The summed E-state index contributed by atoms with van der Waals surface area (Å²) in [5, 5.41) is 0.635. The van der Waals surface area contributed by atoms with Crippen LogP contribution in [0.2, 0.25) is 5.02 Å². The minimum absolute atomic E-state index is 0.0660. The number of rotatable bonds is 5. The molecule has 0 saturated heterocycles. The van der Waals surface area contributed by atoms with E-state index < -0.39 is 0 Å². The number of carbonyl (C=O) groups is 1. The predicted molar refractivity (Wildman–Crippen MR) is 89.4 cm³/mol. The van der Waals surface area contributed by atoms with E-state index in [0.717, 1.165) is 22.4 Å². The van der Waals surface area contributed by atoms with Gasteiger partial charge in [0.15, 0.2) is 0 Å². The quantitative estimate of drug-likeness (QED) is 0.838. The summed E-state index contributed by atoms with van der Waals surface area (Å²) in [5.41, 5.74) is 3.08. The predicted octanol–water partition coefficient (Wildman–Crippen LogP) is 3.86. The topological polar surface area (TPSA) is 29.5 Å². The second-order valence-corrected chi connectivity index (χ2v) is 5.75. The van der Waals surface area contributed by atoms with E-state index in [1.54, 1.807) is 25.1 Å². The zero-order valence-corrected chi connectivity index (χ0v) is 13.9. The second kappa shape index (κ2) is 7.32. The van der Waals surface area contributed by atoms with Crippen molar-refractivity contribution in [2.24, 2.45) is 0 Å². The van der Waals surface area contributed by atoms with Crippen molar-refractivity contribution in [1.82, 2.24) is 4.90 Å². The van der Waals surface area contributed by atoms with E-state index in [1.165, 1.54) is 0 Å². The maximum Gasteiger partial charge on any atom is 0.227 e. The summed E-state index contributed by atoms with van der Waals surface area (Å²) >= 11 is 6.03. The number of methoxy groups -OCH3 is 1. The summed E-state index contributed by atoms with van der Waals surface area (Å²) in [6.45, 7) is 2.48. The minimum atomic E-state index is 0.0660. The van der Waals surface area contributed by atoms with E-state index in [-0.39, 0.29) is 5.91 Å². The molecule has 116 valence electrons. The lowest BCUT2D eigenvalue weighted by Gasteiger charge is -2.19. The lowest BCUT2D eigenvalue weighted by atomic mass is 10.1. The molecule has 3 nitrogen and oxygen atoms in total. The van der Waals surface area contributed by atoms with Gasteiger partial charge in [0, 0.05) is 24.2 Å². The van der Waals surface area contributed by atoms with Gasteiger partial charge in [-0.15, -0.1) is 0 Å². The summed E-state index contributed by atoms with van der Waals surface area (Å²) in [6.07, 6.45) is 0.395. The molecule has 0 atom stereocenters. The molecule has 0 heterocycles. The van der Waals surface area contributed by atoms with E-state index in [0.29, 0.717) is 18.0 Å². The Bertz CT molecular complexity index is 670. The van der Waals surface area contributed by atoms with Crippen LogP contribution in [0.15, 0.2) is 42.5 Å². The molecule has 0 aliphatic heterocycles. The fraction of sp³-hybridized carbons (Fsp3) is 0.278. The number of nitrogens with zero attached hydrogens (tertiary/aromatic N) is 1. The number of ether oxygens (including phenoxy) is 1. The summed E-state index contributed by atoms with van der Waals surface area (Å²) in [4.78, 5) is 14.1. The minimum Gasteiger partial charge on any atom is -0.496 e. The highest BCUT2D eigenvalue weighted by atomic mass is 35.5. The summed E-state index contributed by atoms with van der Waals surface area (Å²) in [5.74, 6) is 0.802. The van der Waals surface area contributed by atoms with Gasteiger partial charge in [0.05, 0.1) is 13.5 Å². The van der Waals surface area contributed by atoms with Crippen molar-refractivity contribution >= 4 is 17.5 Å². The molecular formula is C18H20ClNO2. The first-order valence-electron chi connectivity index (χ1n) is 7.12. The number of likely N-dealkylation sites (N-methyl/N-ethyl adjacent to an activating group) is 1. The molecule has 2 aromatic carbocycles. The highest BCUT2D eigenvalue weighted by Gasteiger charge is 2.14. The Morgan fingerprint density at radius 3 is 2.59 bits per heavy atom. The van der Waals surface area contributed by atoms with Gasteiger partial charge in [-0.3, -0.25) is 4.79 Å². The molecule has 0 unspecified atom stereocenters. The molecule has 22 heavy (non-hydrogen) atoms. The maximum atomic E-state index is 12.4. The molecule has 0 radical (unpaired) electrons. The molecule has 4 heteroatoms. The number of carbonyl (C=O) groups excluding carboxylic acids is 1. The standard InChI is InChI=1S/C18H20ClNO2/c1-13-6-4-5-7-14(13)11-18(21)20(2)12-15-10-16(19)8-9-17(15)22-3/h4-10H,11-12H2,1-3H3. The molecular weight excluding hydrogens is 298 g/mol. The van der Waals surface area contributed by atoms with Crippen LogP contribution in [0.3, 0.4) is 0 Å². The summed E-state index contributed by atoms with van der Waals surface area (Å²) in [6, 6.07) is 13.4. The largest absolute Gasteiger partial charge is 0.496 e. The number of benzene rings is 2. The van der Waals surface area contributed by atoms with Crippen LogP contribution in [-0.4, -0.2) is 25.0 Å². The van der Waals surface area contributed by atoms with Gasteiger partial charge in [-0.2, -0.15) is 0 Å². The molecule has 0 aliphatic carbocycles. The van der Waals surface area contributed by atoms with Crippen LogP contribution in [0.25, 0.3) is 0 Å². The molecule has 0 aromatic heterocycles. The van der Waals surface area contributed by atoms with E-state index in [1.807, 2.05) is 43.3 Å². The average Bonchev–Trinajstić information content (AvgIpc) is 2.49. The van der Waals surface area contributed by atoms with Crippen molar-refractivity contribution in [1.29, 1.82) is 0 Å². The lowest BCUT2D eigenvalue weighted by molar-refractivity contribution is -0.129. The molecule has 0 aliphatic rings. The molecule has 0 fully saturated rings. The molecule has 0 N–H and O–H groups in total. The lowest BCUT2D eigenvalue weighted by Crippen LogP contribution is -2.28. The normalized spacial score (nSPS) is 10.4. The highest BCUT2D eigenvalue weighted by Crippen LogP contribution is 2.24. The Balaban J connectivity index is 2.09. The third-order valence-electron chi connectivity index (χ3n) is 3.68. The number of hydrogen-bond donors (Lipinski definition) is 0. The van der Waals surface area contributed by atoms with Crippen molar-refractivity contribution in [3.05, 3.63) is 64.2 Å². The zero-order valence-electron chi connectivity index (χ0n) is 13.1. The van der Waals surface area contributed by atoms with Gasteiger partial charge >= 0.3 is 0 Å². The van der Waals surface area contributed by atoms with Crippen LogP contribution >= 0.6 is 11.6 Å². The van der Waals surface area contributed by atoms with Crippen molar-refractivity contribution in [2.75, 3.05) is 14.2 Å². The Morgan fingerprint density at radius 2 is 1.91 bits per heavy atom. The average molecular weight is 318 g/mol. The highest BCUT2D eigenvalue weighted by molar-refractivity contribution is 6.30. The number of hydrogen-bond acceptors (Lipinski definition) is 2. The third-order valence-corrected chi connectivity index (χ3v) is 3.91. The van der Waals surface area contributed by atoms with Gasteiger partial charge in [0.25, 0.3) is 0 Å². The van der Waals surface area contributed by atoms with Crippen LogP contribution in [0.5, 0.6) is 5.75 Å². The van der Waals surface area contributed by atoms with Crippen LogP contribution in [0, 0.1) is 6.92 Å². The smallest absolute Gasteiger partial charge is 0.227 e. The summed E-state index contributed by atoms with van der Waals surface area (Å²) < 4.78 is 5.32. The van der Waals surface area contributed by atoms with Gasteiger partial charge < -0.3 is 9.64 Å². The van der Waals surface area contributed by atoms with Crippen LogP contribution in [0.1, 0.15) is 16.7 Å². The monoisotopic (exact) mass is 317 g/mol. The van der Waals surface area contributed by atoms with E-state index in [4.69, 9.17) is 16.3 Å². The van der Waals surface area contributed by atoms with E-state index in [2.05, 4.69) is 0 Å². The van der Waals surface area contributed by atoms with Crippen molar-refractivity contribution in [3.63, 3.8) is 0 Å². The van der Waals surface area contributed by atoms with E-state index >= 15 is 0 Å². The number of halogens is 1. The first kappa shape index (κ1) is 16.4.